The monoisotopic (exact) mass is 354 g/mol. The number of halogens is 1. The maximum absolute atomic E-state index is 6.57. The van der Waals surface area contributed by atoms with Crippen LogP contribution < -0.4 is 15.0 Å². The highest BCUT2D eigenvalue weighted by Gasteiger charge is 2.42. The van der Waals surface area contributed by atoms with E-state index in [2.05, 4.69) is 28.4 Å². The summed E-state index contributed by atoms with van der Waals surface area (Å²) >= 11 is 6.57. The third-order valence-electron chi connectivity index (χ3n) is 6.08. The van der Waals surface area contributed by atoms with Gasteiger partial charge in [0.25, 0.3) is 0 Å². The van der Waals surface area contributed by atoms with Crippen molar-refractivity contribution in [2.24, 2.45) is 0 Å². The number of piperidine rings is 1. The van der Waals surface area contributed by atoms with E-state index in [-0.39, 0.29) is 0 Å². The molecule has 3 nitrogen and oxygen atoms in total. The Morgan fingerprint density at radius 3 is 3.00 bits per heavy atom. The molecule has 4 heteroatoms. The van der Waals surface area contributed by atoms with Gasteiger partial charge in [-0.25, -0.2) is 0 Å². The van der Waals surface area contributed by atoms with Crippen molar-refractivity contribution in [3.63, 3.8) is 0 Å². The summed E-state index contributed by atoms with van der Waals surface area (Å²) < 4.78 is 5.30. The van der Waals surface area contributed by atoms with Gasteiger partial charge in [0.2, 0.25) is 0 Å². The summed E-state index contributed by atoms with van der Waals surface area (Å²) in [6.45, 7) is 3.44. The van der Waals surface area contributed by atoms with Crippen molar-refractivity contribution >= 4 is 17.3 Å². The highest BCUT2D eigenvalue weighted by atomic mass is 35.5. The number of fused-ring (bicyclic) bond motifs is 3. The molecular weight excluding hydrogens is 332 g/mol. The number of aryl methyl sites for hydroxylation is 1. The predicted octanol–water partition coefficient (Wildman–Crippen LogP) is 4.23. The van der Waals surface area contributed by atoms with E-state index in [1.165, 1.54) is 48.2 Å². The minimum Gasteiger partial charge on any atom is -0.497 e. The Bertz CT molecular complexity index is 835. The van der Waals surface area contributed by atoms with E-state index >= 15 is 0 Å². The SMILES string of the molecule is COc1ccc(-c2cc3c4c(c2)[C@H]2CNCC[C@H]2N4CCC3)c(Cl)c1. The van der Waals surface area contributed by atoms with Crippen LogP contribution in [0.15, 0.2) is 30.3 Å². The molecule has 0 spiro atoms. The van der Waals surface area contributed by atoms with Gasteiger partial charge >= 0.3 is 0 Å². The second kappa shape index (κ2) is 5.93. The van der Waals surface area contributed by atoms with Gasteiger partial charge in [-0.1, -0.05) is 11.6 Å². The standard InChI is InChI=1S/C21H23ClN2O/c1-25-15-4-5-16(19(22)11-15)14-9-13-3-2-8-24-20-6-7-23-12-18(20)17(10-14)21(13)24/h4-5,9-11,18,20,23H,2-3,6-8,12H2,1H3/t18-,20-/m1/s1. The fraction of sp³-hybridized carbons (Fsp3) is 0.429. The minimum absolute atomic E-state index is 0.609. The molecule has 0 amide bonds. The van der Waals surface area contributed by atoms with Crippen LogP contribution in [0, 0.1) is 0 Å². The molecule has 0 aromatic heterocycles. The van der Waals surface area contributed by atoms with E-state index in [0.717, 1.165) is 29.4 Å². The summed E-state index contributed by atoms with van der Waals surface area (Å²) in [6, 6.07) is 11.4. The van der Waals surface area contributed by atoms with E-state index in [1.807, 2.05) is 12.1 Å². The molecule has 3 aliphatic heterocycles. The second-order valence-electron chi connectivity index (χ2n) is 7.38. The molecule has 2 aromatic carbocycles. The van der Waals surface area contributed by atoms with Crippen molar-refractivity contribution in [1.29, 1.82) is 0 Å². The topological polar surface area (TPSA) is 24.5 Å². The smallest absolute Gasteiger partial charge is 0.120 e. The zero-order chi connectivity index (χ0) is 17.0. The van der Waals surface area contributed by atoms with Gasteiger partial charge in [-0.05, 0) is 72.8 Å². The van der Waals surface area contributed by atoms with Crippen LogP contribution in [0.25, 0.3) is 11.1 Å². The summed E-state index contributed by atoms with van der Waals surface area (Å²) in [6.07, 6.45) is 3.67. The van der Waals surface area contributed by atoms with Crippen molar-refractivity contribution in [3.8, 4) is 16.9 Å². The summed E-state index contributed by atoms with van der Waals surface area (Å²) in [7, 11) is 1.68. The largest absolute Gasteiger partial charge is 0.497 e. The Hall–Kier alpha value is -1.71. The van der Waals surface area contributed by atoms with Crippen LogP contribution in [-0.4, -0.2) is 32.8 Å². The van der Waals surface area contributed by atoms with Crippen LogP contribution in [0.4, 0.5) is 5.69 Å². The lowest BCUT2D eigenvalue weighted by atomic mass is 9.87. The van der Waals surface area contributed by atoms with Crippen molar-refractivity contribution in [2.75, 3.05) is 31.6 Å². The van der Waals surface area contributed by atoms with E-state index in [0.29, 0.717) is 12.0 Å². The summed E-state index contributed by atoms with van der Waals surface area (Å²) in [5.74, 6) is 1.41. The third-order valence-corrected chi connectivity index (χ3v) is 6.40. The van der Waals surface area contributed by atoms with Crippen LogP contribution in [0.2, 0.25) is 5.02 Å². The lowest BCUT2D eigenvalue weighted by Gasteiger charge is -2.36. The molecule has 0 aliphatic carbocycles. The molecule has 25 heavy (non-hydrogen) atoms. The molecule has 1 fully saturated rings. The van der Waals surface area contributed by atoms with E-state index < -0.39 is 0 Å². The average Bonchev–Trinajstić information content (AvgIpc) is 2.97. The van der Waals surface area contributed by atoms with Crippen LogP contribution in [0.3, 0.4) is 0 Å². The maximum atomic E-state index is 6.57. The zero-order valence-corrected chi connectivity index (χ0v) is 15.3. The number of nitrogens with zero attached hydrogens (tertiary/aromatic N) is 1. The number of ether oxygens (including phenoxy) is 1. The lowest BCUT2D eigenvalue weighted by Crippen LogP contribution is -2.45. The first-order valence-electron chi connectivity index (χ1n) is 9.24. The molecular formula is C21H23ClN2O. The van der Waals surface area contributed by atoms with E-state index in [4.69, 9.17) is 16.3 Å². The van der Waals surface area contributed by atoms with Crippen LogP contribution in [-0.2, 0) is 6.42 Å². The number of anilines is 1. The first-order valence-corrected chi connectivity index (χ1v) is 9.62. The van der Waals surface area contributed by atoms with Gasteiger partial charge in [0.05, 0.1) is 12.1 Å². The number of hydrogen-bond donors (Lipinski definition) is 1. The summed E-state index contributed by atoms with van der Waals surface area (Å²) in [5, 5.41) is 4.36. The molecule has 130 valence electrons. The maximum Gasteiger partial charge on any atom is 0.120 e. The van der Waals surface area contributed by atoms with Gasteiger partial charge in [-0.15, -0.1) is 0 Å². The minimum atomic E-state index is 0.609. The molecule has 0 bridgehead atoms. The number of nitrogens with one attached hydrogen (secondary N) is 1. The Labute approximate surface area is 153 Å². The van der Waals surface area contributed by atoms with Gasteiger partial charge in [0.15, 0.2) is 0 Å². The highest BCUT2D eigenvalue weighted by Crippen LogP contribution is 2.49. The van der Waals surface area contributed by atoms with Gasteiger partial charge in [0.1, 0.15) is 5.75 Å². The number of rotatable bonds is 2. The number of benzene rings is 2. The summed E-state index contributed by atoms with van der Waals surface area (Å²) in [4.78, 5) is 2.69. The molecule has 3 aliphatic rings. The van der Waals surface area contributed by atoms with Crippen LogP contribution in [0.1, 0.15) is 29.9 Å². The second-order valence-corrected chi connectivity index (χ2v) is 7.79. The van der Waals surface area contributed by atoms with Crippen molar-refractivity contribution in [1.82, 2.24) is 5.32 Å². The zero-order valence-electron chi connectivity index (χ0n) is 14.5. The number of methoxy groups -OCH3 is 1. The lowest BCUT2D eigenvalue weighted by molar-refractivity contribution is 0.400. The van der Waals surface area contributed by atoms with E-state index in [9.17, 15) is 0 Å². The Morgan fingerprint density at radius 2 is 2.16 bits per heavy atom. The summed E-state index contributed by atoms with van der Waals surface area (Å²) in [5.41, 5.74) is 6.90. The van der Waals surface area contributed by atoms with Gasteiger partial charge in [-0.2, -0.15) is 0 Å². The predicted molar refractivity (Wildman–Crippen MR) is 103 cm³/mol. The van der Waals surface area contributed by atoms with Gasteiger partial charge in [-0.3, -0.25) is 0 Å². The van der Waals surface area contributed by atoms with Gasteiger partial charge in [0, 0.05) is 36.3 Å². The van der Waals surface area contributed by atoms with Crippen LogP contribution >= 0.6 is 11.6 Å². The van der Waals surface area contributed by atoms with Crippen molar-refractivity contribution in [2.45, 2.75) is 31.2 Å². The fourth-order valence-electron chi connectivity index (χ4n) is 4.97. The van der Waals surface area contributed by atoms with E-state index in [1.54, 1.807) is 7.11 Å². The quantitative estimate of drug-likeness (QED) is 0.873. The number of hydrogen-bond acceptors (Lipinski definition) is 3. The molecule has 0 saturated carbocycles. The third kappa shape index (κ3) is 2.37. The Kier molecular flexibility index (Phi) is 3.68. The van der Waals surface area contributed by atoms with Crippen LogP contribution in [0.5, 0.6) is 5.75 Å². The highest BCUT2D eigenvalue weighted by molar-refractivity contribution is 6.33. The first-order chi connectivity index (χ1) is 12.3. The Morgan fingerprint density at radius 1 is 1.24 bits per heavy atom. The molecule has 5 rings (SSSR count). The molecule has 0 radical (unpaired) electrons. The molecule has 3 heterocycles. The van der Waals surface area contributed by atoms with Crippen molar-refractivity contribution in [3.05, 3.63) is 46.5 Å². The first kappa shape index (κ1) is 15.5. The molecule has 0 unspecified atom stereocenters. The van der Waals surface area contributed by atoms with Gasteiger partial charge < -0.3 is 15.0 Å². The average molecular weight is 355 g/mol. The normalized spacial score (nSPS) is 24.0. The molecule has 2 atom stereocenters. The molecule has 1 N–H and O–H groups in total. The fourth-order valence-corrected chi connectivity index (χ4v) is 5.25. The Balaban J connectivity index is 1.65. The molecule has 2 aromatic rings. The molecule has 1 saturated heterocycles. The van der Waals surface area contributed by atoms with Crippen molar-refractivity contribution < 1.29 is 4.74 Å².